The first-order valence-electron chi connectivity index (χ1n) is 6.82. The van der Waals surface area contributed by atoms with E-state index in [1.807, 2.05) is 6.92 Å². The summed E-state index contributed by atoms with van der Waals surface area (Å²) >= 11 is 0. The van der Waals surface area contributed by atoms with Crippen molar-refractivity contribution in [2.75, 3.05) is 24.3 Å². The van der Waals surface area contributed by atoms with Crippen molar-refractivity contribution in [1.29, 1.82) is 0 Å². The van der Waals surface area contributed by atoms with Crippen LogP contribution in [0.25, 0.3) is 0 Å². The Labute approximate surface area is 117 Å². The van der Waals surface area contributed by atoms with Crippen LogP contribution in [0.2, 0.25) is 0 Å². The van der Waals surface area contributed by atoms with Crippen molar-refractivity contribution in [3.63, 3.8) is 0 Å². The number of anilines is 2. The lowest BCUT2D eigenvalue weighted by atomic mass is 9.89. The van der Waals surface area contributed by atoms with Gasteiger partial charge < -0.3 is 15.4 Å². The highest BCUT2D eigenvalue weighted by molar-refractivity contribution is 5.55. The van der Waals surface area contributed by atoms with Crippen molar-refractivity contribution < 1.29 is 9.66 Å². The number of nitro groups is 1. The van der Waals surface area contributed by atoms with E-state index in [-0.39, 0.29) is 17.8 Å². The molecule has 0 aromatic carbocycles. The largest absolute Gasteiger partial charge is 0.381 e. The number of ether oxygens (including phenoxy) is 1. The third-order valence-electron chi connectivity index (χ3n) is 3.36. The van der Waals surface area contributed by atoms with Crippen LogP contribution in [0.3, 0.4) is 0 Å². The molecule has 0 spiro atoms. The van der Waals surface area contributed by atoms with Gasteiger partial charge in [0.2, 0.25) is 0 Å². The average molecular weight is 280 g/mol. The molecule has 0 saturated heterocycles. The van der Waals surface area contributed by atoms with Crippen molar-refractivity contribution in [2.45, 2.75) is 38.3 Å². The maximum atomic E-state index is 10.9. The van der Waals surface area contributed by atoms with Crippen molar-refractivity contribution in [3.8, 4) is 0 Å². The summed E-state index contributed by atoms with van der Waals surface area (Å²) in [5.41, 5.74) is 0.0451. The van der Waals surface area contributed by atoms with Gasteiger partial charge in [0.15, 0.2) is 0 Å². The summed E-state index contributed by atoms with van der Waals surface area (Å²) in [6.07, 6.45) is 3.02. The van der Waals surface area contributed by atoms with Crippen LogP contribution in [-0.4, -0.2) is 35.7 Å². The molecule has 1 heterocycles. The average Bonchev–Trinajstić information content (AvgIpc) is 2.39. The molecule has 1 saturated carbocycles. The molecular weight excluding hydrogens is 260 g/mol. The van der Waals surface area contributed by atoms with Gasteiger partial charge in [-0.1, -0.05) is 6.92 Å². The van der Waals surface area contributed by atoms with Gasteiger partial charge in [-0.25, -0.2) is 4.98 Å². The Balaban J connectivity index is 2.06. The SMILES string of the molecule is CCCNc1cc([N+](=O)[O-])cc(NC2CC(OC)C2)n1. The number of methoxy groups -OCH3 is 1. The Morgan fingerprint density at radius 1 is 1.45 bits per heavy atom. The number of hydrogen-bond acceptors (Lipinski definition) is 6. The van der Waals surface area contributed by atoms with Crippen LogP contribution in [0.4, 0.5) is 17.3 Å². The summed E-state index contributed by atoms with van der Waals surface area (Å²) in [6.45, 7) is 2.77. The second kappa shape index (κ2) is 6.51. The highest BCUT2D eigenvalue weighted by atomic mass is 16.6. The minimum absolute atomic E-state index is 0.0451. The molecule has 1 aromatic heterocycles. The topological polar surface area (TPSA) is 89.3 Å². The molecule has 1 fully saturated rings. The van der Waals surface area contributed by atoms with E-state index in [1.165, 1.54) is 12.1 Å². The van der Waals surface area contributed by atoms with Crippen molar-refractivity contribution >= 4 is 17.3 Å². The third kappa shape index (κ3) is 3.57. The van der Waals surface area contributed by atoms with Gasteiger partial charge >= 0.3 is 0 Å². The Morgan fingerprint density at radius 2 is 2.15 bits per heavy atom. The zero-order valence-electron chi connectivity index (χ0n) is 11.8. The molecule has 110 valence electrons. The molecule has 0 unspecified atom stereocenters. The fraction of sp³-hybridized carbons (Fsp3) is 0.615. The molecule has 1 aliphatic rings. The Hall–Kier alpha value is -1.89. The van der Waals surface area contributed by atoms with Crippen LogP contribution < -0.4 is 10.6 Å². The number of pyridine rings is 1. The number of nitrogens with one attached hydrogen (secondary N) is 2. The molecule has 0 radical (unpaired) electrons. The summed E-state index contributed by atoms with van der Waals surface area (Å²) < 4.78 is 5.21. The fourth-order valence-corrected chi connectivity index (χ4v) is 2.12. The van der Waals surface area contributed by atoms with E-state index in [1.54, 1.807) is 7.11 Å². The molecule has 1 aliphatic carbocycles. The number of hydrogen-bond donors (Lipinski definition) is 2. The maximum Gasteiger partial charge on any atom is 0.276 e. The molecule has 7 nitrogen and oxygen atoms in total. The van der Waals surface area contributed by atoms with E-state index in [4.69, 9.17) is 4.74 Å². The quantitative estimate of drug-likeness (QED) is 0.589. The molecule has 20 heavy (non-hydrogen) atoms. The van der Waals surface area contributed by atoms with Crippen LogP contribution in [0.15, 0.2) is 12.1 Å². The minimum Gasteiger partial charge on any atom is -0.381 e. The smallest absolute Gasteiger partial charge is 0.276 e. The van der Waals surface area contributed by atoms with Gasteiger partial charge in [-0.15, -0.1) is 0 Å². The Morgan fingerprint density at radius 3 is 2.75 bits per heavy atom. The zero-order valence-corrected chi connectivity index (χ0v) is 11.8. The first-order valence-corrected chi connectivity index (χ1v) is 6.82. The van der Waals surface area contributed by atoms with Crippen LogP contribution in [-0.2, 0) is 4.74 Å². The summed E-state index contributed by atoms with van der Waals surface area (Å²) in [6, 6.07) is 3.20. The summed E-state index contributed by atoms with van der Waals surface area (Å²) in [5, 5.41) is 17.2. The van der Waals surface area contributed by atoms with E-state index >= 15 is 0 Å². The third-order valence-corrected chi connectivity index (χ3v) is 3.36. The molecule has 2 N–H and O–H groups in total. The van der Waals surface area contributed by atoms with E-state index in [0.717, 1.165) is 25.8 Å². The summed E-state index contributed by atoms with van der Waals surface area (Å²) in [5.74, 6) is 1.07. The molecular formula is C13H20N4O3. The fourth-order valence-electron chi connectivity index (χ4n) is 2.12. The Kier molecular flexibility index (Phi) is 4.73. The summed E-state index contributed by atoms with van der Waals surface area (Å²) in [7, 11) is 1.69. The van der Waals surface area contributed by atoms with Gasteiger partial charge in [-0.3, -0.25) is 10.1 Å². The van der Waals surface area contributed by atoms with Gasteiger partial charge in [0.1, 0.15) is 11.6 Å². The number of nitrogens with zero attached hydrogens (tertiary/aromatic N) is 2. The van der Waals surface area contributed by atoms with E-state index in [9.17, 15) is 10.1 Å². The van der Waals surface area contributed by atoms with Crippen molar-refractivity contribution in [3.05, 3.63) is 22.2 Å². The van der Waals surface area contributed by atoms with Crippen LogP contribution >= 0.6 is 0 Å². The minimum atomic E-state index is -0.400. The highest BCUT2D eigenvalue weighted by Gasteiger charge is 2.29. The lowest BCUT2D eigenvalue weighted by Crippen LogP contribution is -2.40. The normalized spacial score (nSPS) is 21.1. The van der Waals surface area contributed by atoms with Gasteiger partial charge in [0.05, 0.1) is 23.2 Å². The van der Waals surface area contributed by atoms with Crippen LogP contribution in [0.5, 0.6) is 0 Å². The number of rotatable bonds is 7. The first kappa shape index (κ1) is 14.5. The lowest BCUT2D eigenvalue weighted by molar-refractivity contribution is -0.384. The van der Waals surface area contributed by atoms with Gasteiger partial charge in [0.25, 0.3) is 5.69 Å². The highest BCUT2D eigenvalue weighted by Crippen LogP contribution is 2.28. The van der Waals surface area contributed by atoms with E-state index in [2.05, 4.69) is 15.6 Å². The first-order chi connectivity index (χ1) is 9.62. The molecule has 7 heteroatoms. The molecule has 0 aliphatic heterocycles. The van der Waals surface area contributed by atoms with Gasteiger partial charge in [0, 0.05) is 19.7 Å². The van der Waals surface area contributed by atoms with Gasteiger partial charge in [-0.2, -0.15) is 0 Å². The second-order valence-electron chi connectivity index (χ2n) is 4.95. The number of aromatic nitrogens is 1. The second-order valence-corrected chi connectivity index (χ2v) is 4.95. The Bertz CT molecular complexity index is 475. The zero-order chi connectivity index (χ0) is 14.5. The maximum absolute atomic E-state index is 10.9. The molecule has 0 bridgehead atoms. The molecule has 0 atom stereocenters. The molecule has 0 amide bonds. The van der Waals surface area contributed by atoms with E-state index in [0.29, 0.717) is 11.6 Å². The van der Waals surface area contributed by atoms with Crippen LogP contribution in [0, 0.1) is 10.1 Å². The van der Waals surface area contributed by atoms with E-state index < -0.39 is 4.92 Å². The molecule has 1 aromatic rings. The standard InChI is InChI=1S/C13H20N4O3/c1-3-4-14-12-7-10(17(18)19)8-13(16-12)15-9-5-11(6-9)20-2/h7-9,11H,3-6H2,1-2H3,(H2,14,15,16). The van der Waals surface area contributed by atoms with Crippen LogP contribution in [0.1, 0.15) is 26.2 Å². The predicted molar refractivity (Wildman–Crippen MR) is 77.1 cm³/mol. The van der Waals surface area contributed by atoms with Gasteiger partial charge in [-0.05, 0) is 19.3 Å². The monoisotopic (exact) mass is 280 g/mol. The van der Waals surface area contributed by atoms with Crippen molar-refractivity contribution in [2.24, 2.45) is 0 Å². The summed E-state index contributed by atoms with van der Waals surface area (Å²) in [4.78, 5) is 14.9. The van der Waals surface area contributed by atoms with Crippen molar-refractivity contribution in [1.82, 2.24) is 4.98 Å². The molecule has 2 rings (SSSR count). The lowest BCUT2D eigenvalue weighted by Gasteiger charge is -2.34. The predicted octanol–water partition coefficient (Wildman–Crippen LogP) is 2.40.